The van der Waals surface area contributed by atoms with E-state index in [4.69, 9.17) is 0 Å². The van der Waals surface area contributed by atoms with Gasteiger partial charge in [-0.15, -0.1) is 11.3 Å². The summed E-state index contributed by atoms with van der Waals surface area (Å²) >= 11 is 1.89. The number of fused-ring (bicyclic) bond motifs is 11. The minimum Gasteiger partial charge on any atom is -0.307 e. The van der Waals surface area contributed by atoms with Gasteiger partial charge in [0.1, 0.15) is 6.33 Å². The van der Waals surface area contributed by atoms with Crippen molar-refractivity contribution < 1.29 is 0 Å². The van der Waals surface area contributed by atoms with E-state index >= 15 is 0 Å². The van der Waals surface area contributed by atoms with E-state index < -0.39 is 0 Å². The molecule has 0 saturated carbocycles. The normalized spacial score (nSPS) is 14.1. The fourth-order valence-corrected chi connectivity index (χ4v) is 8.18. The largest absolute Gasteiger partial charge is 0.307 e. The van der Waals surface area contributed by atoms with Crippen LogP contribution in [0, 0.1) is 0 Å². The van der Waals surface area contributed by atoms with Crippen LogP contribution in [0.4, 0.5) is 0 Å². The molecule has 3 aromatic heterocycles. The quantitative estimate of drug-likeness (QED) is 0.217. The minimum atomic E-state index is -0.191. The monoisotopic (exact) mass is 517 g/mol. The van der Waals surface area contributed by atoms with Crippen molar-refractivity contribution in [2.24, 2.45) is 0 Å². The zero-order valence-electron chi connectivity index (χ0n) is 21.6. The third kappa shape index (κ3) is 2.67. The van der Waals surface area contributed by atoms with E-state index in [0.29, 0.717) is 0 Å². The molecule has 4 heteroatoms. The molecule has 3 heterocycles. The molecule has 3 nitrogen and oxygen atoms in total. The number of rotatable bonds is 1. The Balaban J connectivity index is 1.47. The van der Waals surface area contributed by atoms with Crippen LogP contribution in [0.2, 0.25) is 0 Å². The number of aromatic nitrogens is 3. The Labute approximate surface area is 229 Å². The summed E-state index contributed by atoms with van der Waals surface area (Å²) in [4.78, 5) is 8.89. The highest BCUT2D eigenvalue weighted by atomic mass is 32.1. The second kappa shape index (κ2) is 7.31. The van der Waals surface area contributed by atoms with Crippen LogP contribution in [-0.4, -0.2) is 14.5 Å². The van der Waals surface area contributed by atoms with E-state index in [0.717, 1.165) is 10.9 Å². The maximum atomic E-state index is 4.59. The molecule has 0 saturated heterocycles. The van der Waals surface area contributed by atoms with E-state index in [-0.39, 0.29) is 5.41 Å². The molecule has 1 aliphatic carbocycles. The van der Waals surface area contributed by atoms with Gasteiger partial charge < -0.3 is 4.57 Å². The number of hydrogen-bond donors (Lipinski definition) is 0. The molecular weight excluding hydrogens is 494 g/mol. The van der Waals surface area contributed by atoms with Gasteiger partial charge in [0.25, 0.3) is 0 Å². The first kappa shape index (κ1) is 21.4. The number of nitrogens with zero attached hydrogens (tertiary/aromatic N) is 3. The van der Waals surface area contributed by atoms with Crippen LogP contribution in [0.3, 0.4) is 0 Å². The summed E-state index contributed by atoms with van der Waals surface area (Å²) in [6.45, 7) is 4.73. The summed E-state index contributed by atoms with van der Waals surface area (Å²) in [5.74, 6) is 0. The van der Waals surface area contributed by atoms with E-state index in [1.807, 2.05) is 17.5 Å². The molecule has 0 N–H and O–H groups in total. The van der Waals surface area contributed by atoms with E-state index in [1.54, 1.807) is 6.33 Å². The van der Waals surface area contributed by atoms with Gasteiger partial charge in [-0.2, -0.15) is 0 Å². The number of para-hydroxylation sites is 1. The van der Waals surface area contributed by atoms with Crippen molar-refractivity contribution in [1.29, 1.82) is 0 Å². The van der Waals surface area contributed by atoms with Gasteiger partial charge in [0.15, 0.2) is 0 Å². The standard InChI is InChI=1S/C35H23N3S/c1-35(2)27-17-28-20(18-36-19-37-28)16-26(27)23-14-15-24-21-8-3-5-11-29(21)38(33(24)32(23)35)30-12-7-10-25-22-9-4-6-13-31(22)39-34(25)30/h3-19H,1-2H3. The smallest absolute Gasteiger partial charge is 0.116 e. The Hall–Kier alpha value is -4.54. The third-order valence-corrected chi connectivity index (χ3v) is 9.90. The van der Waals surface area contributed by atoms with Crippen molar-refractivity contribution >= 4 is 64.2 Å². The Morgan fingerprint density at radius 3 is 2.49 bits per heavy atom. The molecule has 5 aromatic carbocycles. The Bertz CT molecular complexity index is 2320. The lowest BCUT2D eigenvalue weighted by atomic mass is 9.81. The van der Waals surface area contributed by atoms with Crippen LogP contribution in [0.15, 0.2) is 104 Å². The van der Waals surface area contributed by atoms with Gasteiger partial charge in [-0.25, -0.2) is 9.97 Å². The van der Waals surface area contributed by atoms with Gasteiger partial charge >= 0.3 is 0 Å². The first-order chi connectivity index (χ1) is 19.1. The Morgan fingerprint density at radius 1 is 0.744 bits per heavy atom. The summed E-state index contributed by atoms with van der Waals surface area (Å²) < 4.78 is 5.19. The molecule has 0 bridgehead atoms. The minimum absolute atomic E-state index is 0.191. The first-order valence-corrected chi connectivity index (χ1v) is 14.1. The summed E-state index contributed by atoms with van der Waals surface area (Å²) in [7, 11) is 0. The van der Waals surface area contributed by atoms with Gasteiger partial charge in [0.2, 0.25) is 0 Å². The summed E-state index contributed by atoms with van der Waals surface area (Å²) in [6, 6.07) is 33.6. The second-order valence-electron chi connectivity index (χ2n) is 11.1. The van der Waals surface area contributed by atoms with Gasteiger partial charge in [-0.05, 0) is 52.6 Å². The lowest BCUT2D eigenvalue weighted by Crippen LogP contribution is -2.16. The summed E-state index contributed by atoms with van der Waals surface area (Å²) in [6.07, 6.45) is 3.57. The Kier molecular flexibility index (Phi) is 4.01. The van der Waals surface area contributed by atoms with Crippen molar-refractivity contribution in [1.82, 2.24) is 14.5 Å². The topological polar surface area (TPSA) is 30.7 Å². The molecule has 0 unspecified atom stereocenters. The highest BCUT2D eigenvalue weighted by molar-refractivity contribution is 7.26. The van der Waals surface area contributed by atoms with Gasteiger partial charge in [0, 0.05) is 43.2 Å². The highest BCUT2D eigenvalue weighted by Crippen LogP contribution is 2.54. The predicted molar refractivity (Wildman–Crippen MR) is 164 cm³/mol. The molecule has 0 radical (unpaired) electrons. The Morgan fingerprint density at radius 2 is 1.56 bits per heavy atom. The molecule has 0 amide bonds. The SMILES string of the molecule is CC1(C)c2cc3ncncc3cc2-c2ccc3c4ccccc4n(-c4cccc5c4sc4ccccc45)c3c21. The van der Waals surface area contributed by atoms with E-state index in [9.17, 15) is 0 Å². The van der Waals surface area contributed by atoms with Gasteiger partial charge in [-0.3, -0.25) is 0 Å². The van der Waals surface area contributed by atoms with Crippen molar-refractivity contribution in [3.05, 3.63) is 115 Å². The van der Waals surface area contributed by atoms with Crippen LogP contribution >= 0.6 is 11.3 Å². The summed E-state index contributed by atoms with van der Waals surface area (Å²) in [5, 5.41) is 6.31. The summed E-state index contributed by atoms with van der Waals surface area (Å²) in [5.41, 5.74) is 9.90. The van der Waals surface area contributed by atoms with E-state index in [2.05, 4.69) is 119 Å². The third-order valence-electron chi connectivity index (χ3n) is 8.69. The first-order valence-electron chi connectivity index (χ1n) is 13.3. The molecule has 184 valence electrons. The predicted octanol–water partition coefficient (Wildman–Crippen LogP) is 9.40. The van der Waals surface area contributed by atoms with Gasteiger partial charge in [-0.1, -0.05) is 74.5 Å². The molecule has 0 fully saturated rings. The van der Waals surface area contributed by atoms with E-state index in [1.165, 1.54) is 69.9 Å². The molecule has 1 aliphatic rings. The van der Waals surface area contributed by atoms with Crippen LogP contribution in [-0.2, 0) is 5.41 Å². The number of thiophene rings is 1. The van der Waals surface area contributed by atoms with Crippen molar-refractivity contribution in [3.8, 4) is 16.8 Å². The molecule has 8 aromatic rings. The van der Waals surface area contributed by atoms with Crippen LogP contribution in [0.1, 0.15) is 25.0 Å². The lowest BCUT2D eigenvalue weighted by molar-refractivity contribution is 0.664. The fourth-order valence-electron chi connectivity index (χ4n) is 6.98. The average Bonchev–Trinajstić information content (AvgIpc) is 3.58. The maximum Gasteiger partial charge on any atom is 0.116 e. The van der Waals surface area contributed by atoms with Crippen LogP contribution in [0.25, 0.3) is 69.7 Å². The second-order valence-corrected chi connectivity index (χ2v) is 12.1. The average molecular weight is 518 g/mol. The van der Waals surface area contributed by atoms with Crippen LogP contribution in [0.5, 0.6) is 0 Å². The zero-order valence-corrected chi connectivity index (χ0v) is 22.4. The highest BCUT2D eigenvalue weighted by Gasteiger charge is 2.39. The lowest BCUT2D eigenvalue weighted by Gasteiger charge is -2.24. The number of hydrogen-bond acceptors (Lipinski definition) is 3. The molecule has 39 heavy (non-hydrogen) atoms. The molecule has 0 spiro atoms. The molecule has 9 rings (SSSR count). The van der Waals surface area contributed by atoms with Gasteiger partial charge in [0.05, 0.1) is 26.9 Å². The molecular formula is C35H23N3S. The molecule has 0 aliphatic heterocycles. The van der Waals surface area contributed by atoms with Crippen molar-refractivity contribution in [3.63, 3.8) is 0 Å². The molecule has 0 atom stereocenters. The zero-order chi connectivity index (χ0) is 25.9. The number of benzene rings is 5. The van der Waals surface area contributed by atoms with Crippen molar-refractivity contribution in [2.45, 2.75) is 19.3 Å². The fraction of sp³-hybridized carbons (Fsp3) is 0.0857. The maximum absolute atomic E-state index is 4.59. The van der Waals surface area contributed by atoms with Crippen molar-refractivity contribution in [2.75, 3.05) is 0 Å². The van der Waals surface area contributed by atoms with Crippen LogP contribution < -0.4 is 0 Å².